The van der Waals surface area contributed by atoms with Crippen LogP contribution in [-0.2, 0) is 33.1 Å². The van der Waals surface area contributed by atoms with E-state index in [0.717, 1.165) is 26.3 Å². The van der Waals surface area contributed by atoms with Crippen molar-refractivity contribution in [3.63, 3.8) is 0 Å². The van der Waals surface area contributed by atoms with Crippen molar-refractivity contribution in [2.75, 3.05) is 0 Å². The van der Waals surface area contributed by atoms with Gasteiger partial charge in [-0.15, -0.1) is 0 Å². The monoisotopic (exact) mass is 844 g/mol. The average molecular weight is 847 g/mol. The van der Waals surface area contributed by atoms with Crippen molar-refractivity contribution in [1.29, 1.82) is 0 Å². The summed E-state index contributed by atoms with van der Waals surface area (Å²) in [7, 11) is 0. The normalized spacial score (nSPS) is 25.6. The fourth-order valence-corrected chi connectivity index (χ4v) is 36.5. The van der Waals surface area contributed by atoms with Gasteiger partial charge in [0.2, 0.25) is 0 Å². The van der Waals surface area contributed by atoms with E-state index in [9.17, 15) is 0 Å². The van der Waals surface area contributed by atoms with E-state index in [-0.39, 0.29) is 24.8 Å². The molecule has 4 unspecified atom stereocenters. The Hall–Kier alpha value is -2.18. The van der Waals surface area contributed by atoms with Gasteiger partial charge < -0.3 is 24.8 Å². The van der Waals surface area contributed by atoms with E-state index < -0.39 is 20.3 Å². The summed E-state index contributed by atoms with van der Waals surface area (Å²) in [6.07, 6.45) is 27.8. The summed E-state index contributed by atoms with van der Waals surface area (Å²) in [5.41, 5.74) is 19.4. The predicted molar refractivity (Wildman–Crippen MR) is 223 cm³/mol. The second-order valence-corrected chi connectivity index (χ2v) is 29.5. The van der Waals surface area contributed by atoms with Gasteiger partial charge in [-0.05, 0) is 0 Å². The minimum absolute atomic E-state index is 0. The Morgan fingerprint density at radius 3 is 1.24 bits per heavy atom. The van der Waals surface area contributed by atoms with Gasteiger partial charge in [-0.2, -0.15) is 0 Å². The van der Waals surface area contributed by atoms with E-state index >= 15 is 0 Å². The maximum atomic E-state index is 2.84. The predicted octanol–water partition coefficient (Wildman–Crippen LogP) is 9.21. The molecule has 3 saturated carbocycles. The van der Waals surface area contributed by atoms with Gasteiger partial charge >= 0.3 is 327 Å². The van der Waals surface area contributed by atoms with Gasteiger partial charge in [0.05, 0.1) is 0 Å². The van der Waals surface area contributed by atoms with Crippen molar-refractivity contribution in [3.8, 4) is 22.3 Å². The molecule has 10 rings (SSSR count). The molecule has 0 radical (unpaired) electrons. The molecule has 5 aliphatic carbocycles. The molecule has 1 aliphatic heterocycles. The van der Waals surface area contributed by atoms with Crippen LogP contribution in [0.2, 0.25) is 7.25 Å². The second kappa shape index (κ2) is 16.6. The zero-order valence-electron chi connectivity index (χ0n) is 33.3. The van der Waals surface area contributed by atoms with Crippen molar-refractivity contribution in [2.24, 2.45) is 11.8 Å². The molecule has 6 aliphatic rings. The van der Waals surface area contributed by atoms with Crippen LogP contribution in [0.4, 0.5) is 0 Å². The zero-order valence-corrected chi connectivity index (χ0v) is 37.2. The van der Waals surface area contributed by atoms with Crippen LogP contribution in [0.25, 0.3) is 34.4 Å². The van der Waals surface area contributed by atoms with Crippen LogP contribution >= 0.6 is 0 Å². The van der Waals surface area contributed by atoms with Gasteiger partial charge in [0.25, 0.3) is 0 Å². The molecule has 0 aromatic heterocycles. The Kier molecular flexibility index (Phi) is 12.0. The first-order valence-corrected chi connectivity index (χ1v) is 27.8. The van der Waals surface area contributed by atoms with Crippen LogP contribution in [-0.4, -0.2) is 0 Å². The Morgan fingerprint density at radius 1 is 0.473 bits per heavy atom. The topological polar surface area (TPSA) is 0 Å². The quantitative estimate of drug-likeness (QED) is 0.150. The molecule has 4 atom stereocenters. The van der Waals surface area contributed by atoms with E-state index in [1.54, 1.807) is 22.3 Å². The fraction of sp³-hybridized carbons (Fsp3) is 0.462. The van der Waals surface area contributed by atoms with Crippen LogP contribution in [0.3, 0.4) is 0 Å². The van der Waals surface area contributed by atoms with E-state index in [1.165, 1.54) is 136 Å². The van der Waals surface area contributed by atoms with Crippen LogP contribution in [0, 0.1) is 11.8 Å². The van der Waals surface area contributed by atoms with Gasteiger partial charge in [-0.3, -0.25) is 0 Å². The number of halogens is 2. The SMILES string of the molecule is CCCc1ccc(-c2cccc3c2C=C(C2CCCC2)[CH]3[Zr+2]2([CH]3C(C4CCCC4)=Cc4c(-c5ccc(CCC)cc5)cccc43)[CH]3CCCC[CH]32)cc1.[Cl-].[Cl-]. The molecular weight excluding hydrogens is 787 g/mol. The molecule has 4 fully saturated rings. The van der Waals surface area contributed by atoms with Gasteiger partial charge in [0.1, 0.15) is 0 Å². The largest absolute Gasteiger partial charge is 1.00 e. The van der Waals surface area contributed by atoms with E-state index in [1.807, 2.05) is 11.1 Å². The Bertz CT molecular complexity index is 1890. The first-order valence-electron chi connectivity index (χ1n) is 22.1. The molecule has 1 heterocycles. The number of hydrogen-bond donors (Lipinski definition) is 0. The van der Waals surface area contributed by atoms with Gasteiger partial charge in [0, 0.05) is 0 Å². The Labute approximate surface area is 349 Å². The van der Waals surface area contributed by atoms with E-state index in [4.69, 9.17) is 0 Å². The maximum Gasteiger partial charge on any atom is -1.00 e. The third-order valence-electron chi connectivity index (χ3n) is 15.4. The minimum Gasteiger partial charge on any atom is -1.00 e. The molecule has 4 aromatic rings. The van der Waals surface area contributed by atoms with E-state index in [2.05, 4.69) is 111 Å². The molecular formula is C52H60Cl2Zr. The first kappa shape index (κ1) is 39.6. The molecule has 0 N–H and O–H groups in total. The minimum atomic E-state index is -3.12. The standard InChI is InChI=1S/2C23H25.C6H10.2ClH.Zr/c2*1-2-6-17-11-13-19(14-12-17)22-10-5-9-20-15-21(16-23(20)22)18-7-3-4-8-18;1-2-4-6-5-3-1;;;/h2*5,9-16,18H,2-4,6-8H2,1H3;1-2H,3-6H2;2*1H;/q;;;;;+2/p-2. The van der Waals surface area contributed by atoms with Gasteiger partial charge in [-0.25, -0.2) is 0 Å². The molecule has 55 heavy (non-hydrogen) atoms. The number of allylic oxidation sites excluding steroid dienone is 2. The van der Waals surface area contributed by atoms with Crippen molar-refractivity contribution in [3.05, 3.63) is 129 Å². The van der Waals surface area contributed by atoms with Crippen LogP contribution < -0.4 is 24.8 Å². The third-order valence-corrected chi connectivity index (χ3v) is 32.2. The number of rotatable bonds is 10. The summed E-state index contributed by atoms with van der Waals surface area (Å²) >= 11 is -3.12. The summed E-state index contributed by atoms with van der Waals surface area (Å²) in [5, 5.41) is 0. The summed E-state index contributed by atoms with van der Waals surface area (Å²) in [4.78, 5) is 0. The van der Waals surface area contributed by atoms with Crippen molar-refractivity contribution in [1.82, 2.24) is 0 Å². The summed E-state index contributed by atoms with van der Waals surface area (Å²) in [6.45, 7) is 4.60. The molecule has 0 nitrogen and oxygen atoms in total. The number of fused-ring (bicyclic) bond motifs is 3. The zero-order chi connectivity index (χ0) is 35.5. The molecule has 0 amide bonds. The molecule has 4 aromatic carbocycles. The number of hydrogen-bond acceptors (Lipinski definition) is 0. The van der Waals surface area contributed by atoms with Crippen LogP contribution in [0.5, 0.6) is 0 Å². The fourth-order valence-electron chi connectivity index (χ4n) is 13.2. The smallest absolute Gasteiger partial charge is 1.00 e. The molecule has 1 saturated heterocycles. The third kappa shape index (κ3) is 6.68. The van der Waals surface area contributed by atoms with Crippen LogP contribution in [0.15, 0.2) is 96.1 Å². The second-order valence-electron chi connectivity index (χ2n) is 18.1. The number of benzene rings is 4. The summed E-state index contributed by atoms with van der Waals surface area (Å²) in [6, 6.07) is 34.6. The average Bonchev–Trinajstić information content (AvgIpc) is 3.87. The van der Waals surface area contributed by atoms with Crippen molar-refractivity contribution >= 4 is 12.2 Å². The summed E-state index contributed by atoms with van der Waals surface area (Å²) < 4.78 is 3.56. The molecule has 0 spiro atoms. The molecule has 3 heteroatoms. The van der Waals surface area contributed by atoms with Gasteiger partial charge in [-0.1, -0.05) is 0 Å². The van der Waals surface area contributed by atoms with Gasteiger partial charge in [0.15, 0.2) is 0 Å². The Balaban J connectivity index is 0.00000214. The van der Waals surface area contributed by atoms with Crippen molar-refractivity contribution < 1.29 is 45.1 Å². The van der Waals surface area contributed by atoms with E-state index in [0.29, 0.717) is 0 Å². The van der Waals surface area contributed by atoms with Crippen LogP contribution in [0.1, 0.15) is 144 Å². The Morgan fingerprint density at radius 2 is 0.855 bits per heavy atom. The molecule has 0 bridgehead atoms. The van der Waals surface area contributed by atoms with Crippen molar-refractivity contribution in [2.45, 2.75) is 131 Å². The summed E-state index contributed by atoms with van der Waals surface area (Å²) in [5.74, 6) is 1.58. The molecule has 286 valence electrons. The first-order chi connectivity index (χ1) is 26.2. The maximum absolute atomic E-state index is 3.12. The number of aryl methyl sites for hydroxylation is 2.